The topological polar surface area (TPSA) is 109 Å². The van der Waals surface area contributed by atoms with Crippen LogP contribution >= 0.6 is 11.6 Å². The van der Waals surface area contributed by atoms with Crippen LogP contribution in [0.3, 0.4) is 0 Å². The number of hydrogen-bond acceptors (Lipinski definition) is 6. The van der Waals surface area contributed by atoms with Crippen molar-refractivity contribution in [3.63, 3.8) is 0 Å². The lowest BCUT2D eigenvalue weighted by molar-refractivity contribution is -0.384. The number of carbonyl (C=O) groups is 1. The van der Waals surface area contributed by atoms with Gasteiger partial charge in [0.1, 0.15) is 11.6 Å². The average molecular weight is 382 g/mol. The van der Waals surface area contributed by atoms with Crippen LogP contribution in [0, 0.1) is 15.9 Å². The van der Waals surface area contributed by atoms with E-state index in [1.165, 1.54) is 31.2 Å². The molecule has 0 radical (unpaired) electrons. The van der Waals surface area contributed by atoms with Gasteiger partial charge in [-0.1, -0.05) is 17.7 Å². The molecule has 26 heavy (non-hydrogen) atoms. The molecule has 1 amide bonds. The predicted octanol–water partition coefficient (Wildman–Crippen LogP) is 2.94. The third-order valence-corrected chi connectivity index (χ3v) is 3.61. The Morgan fingerprint density at radius 3 is 2.69 bits per heavy atom. The number of anilines is 2. The number of amides is 1. The number of halogens is 2. The highest BCUT2D eigenvalue weighted by molar-refractivity contribution is 6.30. The third kappa shape index (κ3) is 5.55. The van der Waals surface area contributed by atoms with E-state index in [0.29, 0.717) is 18.9 Å². The number of pyridine rings is 1. The summed E-state index contributed by atoms with van der Waals surface area (Å²) in [5, 5.41) is 19.5. The van der Waals surface area contributed by atoms with Gasteiger partial charge in [-0.05, 0) is 23.8 Å². The maximum Gasteiger partial charge on any atom is 0.311 e. The molecular weight excluding hydrogens is 365 g/mol. The number of carbonyl (C=O) groups excluding carboxylic acids is 1. The van der Waals surface area contributed by atoms with Gasteiger partial charge in [0.2, 0.25) is 11.7 Å². The first-order valence-corrected chi connectivity index (χ1v) is 8.06. The average Bonchev–Trinajstić information content (AvgIpc) is 2.59. The number of aromatic nitrogens is 1. The number of hydrogen-bond donors (Lipinski definition) is 3. The fourth-order valence-electron chi connectivity index (χ4n) is 2.09. The van der Waals surface area contributed by atoms with Crippen LogP contribution in [0.5, 0.6) is 0 Å². The molecule has 0 unspecified atom stereocenters. The van der Waals surface area contributed by atoms with Gasteiger partial charge in [0.15, 0.2) is 0 Å². The molecule has 10 heteroatoms. The van der Waals surface area contributed by atoms with Crippen molar-refractivity contribution < 1.29 is 14.1 Å². The van der Waals surface area contributed by atoms with Crippen LogP contribution in [0.2, 0.25) is 5.02 Å². The summed E-state index contributed by atoms with van der Waals surface area (Å²) in [5.74, 6) is -0.210. The van der Waals surface area contributed by atoms with E-state index in [0.717, 1.165) is 5.56 Å². The van der Waals surface area contributed by atoms with Crippen molar-refractivity contribution in [1.29, 1.82) is 0 Å². The smallest absolute Gasteiger partial charge is 0.311 e. The zero-order valence-corrected chi connectivity index (χ0v) is 14.6. The van der Waals surface area contributed by atoms with Crippen LogP contribution in [0.15, 0.2) is 30.3 Å². The molecule has 8 nitrogen and oxygen atoms in total. The monoisotopic (exact) mass is 381 g/mol. The van der Waals surface area contributed by atoms with Crippen LogP contribution in [0.1, 0.15) is 12.5 Å². The van der Waals surface area contributed by atoms with Crippen LogP contribution in [-0.2, 0) is 11.3 Å². The van der Waals surface area contributed by atoms with Crippen molar-refractivity contribution in [2.24, 2.45) is 0 Å². The van der Waals surface area contributed by atoms with Gasteiger partial charge < -0.3 is 16.0 Å². The van der Waals surface area contributed by atoms with Crippen molar-refractivity contribution in [2.75, 3.05) is 23.7 Å². The van der Waals surface area contributed by atoms with E-state index in [-0.39, 0.29) is 29.0 Å². The molecule has 2 rings (SSSR count). The maximum atomic E-state index is 13.2. The number of nitrogens with one attached hydrogen (secondary N) is 3. The molecule has 0 aliphatic rings. The first-order chi connectivity index (χ1) is 12.4. The zero-order chi connectivity index (χ0) is 19.1. The molecule has 2 aromatic rings. The van der Waals surface area contributed by atoms with E-state index in [1.54, 1.807) is 6.07 Å². The van der Waals surface area contributed by atoms with Gasteiger partial charge in [0.05, 0.1) is 9.95 Å². The van der Waals surface area contributed by atoms with Crippen LogP contribution in [0.4, 0.5) is 21.7 Å². The van der Waals surface area contributed by atoms with Gasteiger partial charge in [-0.15, -0.1) is 0 Å². The normalized spacial score (nSPS) is 10.3. The largest absolute Gasteiger partial charge is 0.366 e. The molecule has 0 saturated heterocycles. The molecule has 0 spiro atoms. The van der Waals surface area contributed by atoms with Crippen LogP contribution in [0.25, 0.3) is 0 Å². The summed E-state index contributed by atoms with van der Waals surface area (Å²) in [4.78, 5) is 25.6. The second kappa shape index (κ2) is 8.95. The Kier molecular flexibility index (Phi) is 6.67. The van der Waals surface area contributed by atoms with Crippen molar-refractivity contribution in [3.8, 4) is 0 Å². The first kappa shape index (κ1) is 19.4. The Morgan fingerprint density at radius 1 is 1.27 bits per heavy atom. The molecule has 138 valence electrons. The zero-order valence-electron chi connectivity index (χ0n) is 13.9. The molecule has 1 aromatic heterocycles. The minimum atomic E-state index is -0.544. The molecule has 0 fully saturated rings. The van der Waals surface area contributed by atoms with E-state index in [1.807, 2.05) is 0 Å². The molecule has 1 heterocycles. The Bertz CT molecular complexity index is 818. The maximum absolute atomic E-state index is 13.2. The van der Waals surface area contributed by atoms with E-state index in [9.17, 15) is 19.3 Å². The SMILES string of the molecule is CC(=O)NCCNc1nc(NCc2ccc(F)c(Cl)c2)ccc1[N+](=O)[O-]. The lowest BCUT2D eigenvalue weighted by Gasteiger charge is -2.10. The van der Waals surface area contributed by atoms with E-state index in [2.05, 4.69) is 20.9 Å². The van der Waals surface area contributed by atoms with E-state index < -0.39 is 10.7 Å². The lowest BCUT2D eigenvalue weighted by Crippen LogP contribution is -2.26. The highest BCUT2D eigenvalue weighted by atomic mass is 35.5. The summed E-state index contributed by atoms with van der Waals surface area (Å²) in [7, 11) is 0. The van der Waals surface area contributed by atoms with E-state index in [4.69, 9.17) is 11.6 Å². The van der Waals surface area contributed by atoms with Gasteiger partial charge in [0.25, 0.3) is 0 Å². The fraction of sp³-hybridized carbons (Fsp3) is 0.250. The number of nitrogens with zero attached hydrogens (tertiary/aromatic N) is 2. The van der Waals surface area contributed by atoms with Gasteiger partial charge in [-0.25, -0.2) is 9.37 Å². The number of nitro groups is 1. The predicted molar refractivity (Wildman–Crippen MR) is 96.8 cm³/mol. The van der Waals surface area contributed by atoms with Gasteiger partial charge >= 0.3 is 5.69 Å². The highest BCUT2D eigenvalue weighted by Crippen LogP contribution is 2.24. The van der Waals surface area contributed by atoms with Gasteiger partial charge in [-0.2, -0.15) is 0 Å². The second-order valence-electron chi connectivity index (χ2n) is 5.33. The molecule has 0 aliphatic heterocycles. The molecule has 0 aliphatic carbocycles. The Labute approximate surface area is 153 Å². The minimum Gasteiger partial charge on any atom is -0.366 e. The highest BCUT2D eigenvalue weighted by Gasteiger charge is 2.15. The Hall–Kier alpha value is -2.94. The standard InChI is InChI=1S/C16H17ClFN5O3/c1-10(24)19-6-7-20-16-14(23(25)26)4-5-15(22-16)21-9-11-2-3-13(18)12(17)8-11/h2-5,8H,6-7,9H2,1H3,(H,19,24)(H2,20,21,22). The van der Waals surface area contributed by atoms with Crippen molar-refractivity contribution in [2.45, 2.75) is 13.5 Å². The van der Waals surface area contributed by atoms with E-state index >= 15 is 0 Å². The summed E-state index contributed by atoms with van der Waals surface area (Å²) in [6.45, 7) is 2.29. The van der Waals surface area contributed by atoms with Crippen molar-refractivity contribution >= 4 is 34.8 Å². The molecule has 3 N–H and O–H groups in total. The molecule has 1 aromatic carbocycles. The summed E-state index contributed by atoms with van der Waals surface area (Å²) in [5.41, 5.74) is 0.555. The molecule has 0 atom stereocenters. The Morgan fingerprint density at radius 2 is 2.04 bits per heavy atom. The fourth-order valence-corrected chi connectivity index (χ4v) is 2.29. The number of benzene rings is 1. The summed E-state index contributed by atoms with van der Waals surface area (Å²) in [6.07, 6.45) is 0. The summed E-state index contributed by atoms with van der Waals surface area (Å²) >= 11 is 5.74. The summed E-state index contributed by atoms with van der Waals surface area (Å²) in [6, 6.07) is 7.13. The minimum absolute atomic E-state index is 0.0151. The molecule has 0 saturated carbocycles. The Balaban J connectivity index is 2.06. The van der Waals surface area contributed by atoms with Crippen LogP contribution < -0.4 is 16.0 Å². The van der Waals surface area contributed by atoms with Crippen LogP contribution in [-0.4, -0.2) is 28.9 Å². The quantitative estimate of drug-likeness (QED) is 0.368. The van der Waals surface area contributed by atoms with Gasteiger partial charge in [-0.3, -0.25) is 14.9 Å². The second-order valence-corrected chi connectivity index (χ2v) is 5.74. The first-order valence-electron chi connectivity index (χ1n) is 7.68. The lowest BCUT2D eigenvalue weighted by atomic mass is 10.2. The summed E-state index contributed by atoms with van der Waals surface area (Å²) < 4.78 is 13.2. The molecule has 0 bridgehead atoms. The van der Waals surface area contributed by atoms with Crippen molar-refractivity contribution in [1.82, 2.24) is 10.3 Å². The third-order valence-electron chi connectivity index (χ3n) is 3.32. The van der Waals surface area contributed by atoms with Crippen molar-refractivity contribution in [3.05, 3.63) is 56.8 Å². The number of rotatable bonds is 8. The molecular formula is C16H17ClFN5O3. The van der Waals surface area contributed by atoms with Gasteiger partial charge in [0, 0.05) is 32.6 Å².